The van der Waals surface area contributed by atoms with E-state index in [1.54, 1.807) is 36.6 Å². The number of aryl methyl sites for hydroxylation is 1. The Morgan fingerprint density at radius 1 is 1.14 bits per heavy atom. The van der Waals surface area contributed by atoms with Crippen LogP contribution in [0.4, 0.5) is 5.69 Å². The molecule has 6 heteroatoms. The number of fused-ring (bicyclic) bond motifs is 1. The molecule has 0 aliphatic heterocycles. The van der Waals surface area contributed by atoms with Crippen molar-refractivity contribution in [1.29, 1.82) is 0 Å². The predicted molar refractivity (Wildman–Crippen MR) is 90.9 cm³/mol. The zero-order valence-corrected chi connectivity index (χ0v) is 14.1. The number of sulfonamides is 1. The molecule has 3 rings (SSSR count). The van der Waals surface area contributed by atoms with Crippen molar-refractivity contribution in [3.63, 3.8) is 0 Å². The zero-order valence-electron chi connectivity index (χ0n) is 11.1. The molecule has 1 aromatic heterocycles. The quantitative estimate of drug-likeness (QED) is 0.657. The first kappa shape index (κ1) is 14.4. The Kier molecular flexibility index (Phi) is 3.66. The summed E-state index contributed by atoms with van der Waals surface area (Å²) in [5.41, 5.74) is 2.16. The number of hydrogen-bond acceptors (Lipinski definition) is 3. The highest BCUT2D eigenvalue weighted by Gasteiger charge is 2.18. The Bertz CT molecular complexity index is 916. The summed E-state index contributed by atoms with van der Waals surface area (Å²) in [6, 6.07) is 12.2. The van der Waals surface area contributed by atoms with Gasteiger partial charge in [0.25, 0.3) is 10.0 Å². The normalized spacial score (nSPS) is 11.7. The van der Waals surface area contributed by atoms with Gasteiger partial charge >= 0.3 is 0 Å². The Balaban J connectivity index is 2.06. The first-order chi connectivity index (χ1) is 9.97. The summed E-state index contributed by atoms with van der Waals surface area (Å²) in [5.74, 6) is 0. The van der Waals surface area contributed by atoms with E-state index in [4.69, 9.17) is 4.42 Å². The first-order valence-electron chi connectivity index (χ1n) is 6.22. The van der Waals surface area contributed by atoms with E-state index >= 15 is 0 Å². The smallest absolute Gasteiger partial charge is 0.261 e. The van der Waals surface area contributed by atoms with Crippen LogP contribution in [-0.2, 0) is 10.0 Å². The molecule has 0 aliphatic carbocycles. The van der Waals surface area contributed by atoms with Crippen LogP contribution in [0.15, 0.2) is 58.0 Å². The summed E-state index contributed by atoms with van der Waals surface area (Å²) in [6.45, 7) is 1.86. The van der Waals surface area contributed by atoms with E-state index in [2.05, 4.69) is 27.3 Å². The third kappa shape index (κ3) is 2.77. The molecule has 0 unspecified atom stereocenters. The molecule has 0 atom stereocenters. The van der Waals surface area contributed by atoms with Crippen molar-refractivity contribution >= 4 is 49.3 Å². The van der Waals surface area contributed by atoms with Gasteiger partial charge in [-0.3, -0.25) is 4.72 Å². The molecule has 3 aromatic rings. The van der Waals surface area contributed by atoms with Crippen molar-refractivity contribution in [2.45, 2.75) is 11.8 Å². The minimum Gasteiger partial charge on any atom is -0.463 e. The van der Waals surface area contributed by atoms with E-state index in [-0.39, 0.29) is 4.90 Å². The second-order valence-corrected chi connectivity index (χ2v) is 7.51. The van der Waals surface area contributed by atoms with E-state index in [0.29, 0.717) is 11.3 Å². The number of nitrogens with one attached hydrogen (secondary N) is 1. The molecule has 0 bridgehead atoms. The van der Waals surface area contributed by atoms with Crippen LogP contribution < -0.4 is 4.72 Å². The molecule has 0 radical (unpaired) electrons. The minimum absolute atomic E-state index is 0.226. The summed E-state index contributed by atoms with van der Waals surface area (Å²) in [4.78, 5) is 0.226. The van der Waals surface area contributed by atoms with Gasteiger partial charge in [0.05, 0.1) is 20.4 Å². The molecule has 0 spiro atoms. The topological polar surface area (TPSA) is 59.3 Å². The van der Waals surface area contributed by atoms with Crippen LogP contribution in [0.2, 0.25) is 0 Å². The molecule has 0 saturated carbocycles. The number of benzene rings is 2. The minimum atomic E-state index is -3.62. The summed E-state index contributed by atoms with van der Waals surface area (Å²) < 4.78 is 33.8. The fourth-order valence-electron chi connectivity index (χ4n) is 2.06. The van der Waals surface area contributed by atoms with Gasteiger partial charge in [-0.05, 0) is 59.3 Å². The lowest BCUT2D eigenvalue weighted by Gasteiger charge is -2.10. The van der Waals surface area contributed by atoms with Crippen molar-refractivity contribution in [2.75, 3.05) is 4.72 Å². The third-order valence-corrected chi connectivity index (χ3v) is 5.33. The van der Waals surface area contributed by atoms with Gasteiger partial charge in [-0.25, -0.2) is 8.42 Å². The van der Waals surface area contributed by atoms with Gasteiger partial charge in [0.1, 0.15) is 5.58 Å². The van der Waals surface area contributed by atoms with Gasteiger partial charge in [-0.2, -0.15) is 0 Å². The van der Waals surface area contributed by atoms with Crippen LogP contribution in [0, 0.1) is 10.5 Å². The van der Waals surface area contributed by atoms with Gasteiger partial charge in [0.2, 0.25) is 0 Å². The Hall–Kier alpha value is -1.54. The highest BCUT2D eigenvalue weighted by molar-refractivity contribution is 14.1. The third-order valence-electron chi connectivity index (χ3n) is 3.18. The lowest BCUT2D eigenvalue weighted by Crippen LogP contribution is -2.13. The fraction of sp³-hybridized carbons (Fsp3) is 0.0667. The van der Waals surface area contributed by atoms with Crippen molar-refractivity contribution in [1.82, 2.24) is 0 Å². The number of furan rings is 1. The van der Waals surface area contributed by atoms with Crippen molar-refractivity contribution in [3.8, 4) is 0 Å². The summed E-state index contributed by atoms with van der Waals surface area (Å²) in [5, 5.41) is 0.770. The Labute approximate surface area is 136 Å². The Morgan fingerprint density at radius 3 is 2.67 bits per heavy atom. The van der Waals surface area contributed by atoms with Crippen LogP contribution in [0.1, 0.15) is 5.56 Å². The molecule has 1 N–H and O–H groups in total. The van der Waals surface area contributed by atoms with Crippen LogP contribution in [0.25, 0.3) is 11.0 Å². The number of hydrogen-bond donors (Lipinski definition) is 1. The number of anilines is 1. The summed E-state index contributed by atoms with van der Waals surface area (Å²) in [6.07, 6.45) is 1.55. The van der Waals surface area contributed by atoms with Crippen molar-refractivity contribution < 1.29 is 12.8 Å². The number of halogens is 1. The van der Waals surface area contributed by atoms with Crippen LogP contribution >= 0.6 is 22.6 Å². The maximum atomic E-state index is 12.5. The van der Waals surface area contributed by atoms with Gasteiger partial charge in [0.15, 0.2) is 0 Å². The highest BCUT2D eigenvalue weighted by Crippen LogP contribution is 2.27. The number of rotatable bonds is 3. The van der Waals surface area contributed by atoms with Gasteiger partial charge in [-0.1, -0.05) is 18.2 Å². The summed E-state index contributed by atoms with van der Waals surface area (Å²) >= 11 is 2.07. The second kappa shape index (κ2) is 5.34. The van der Waals surface area contributed by atoms with Crippen LogP contribution in [0.3, 0.4) is 0 Å². The van der Waals surface area contributed by atoms with Crippen molar-refractivity contribution in [3.05, 3.63) is 57.9 Å². The molecule has 4 nitrogen and oxygen atoms in total. The van der Waals surface area contributed by atoms with Crippen LogP contribution in [0.5, 0.6) is 0 Å². The molecule has 0 fully saturated rings. The average molecular weight is 413 g/mol. The van der Waals surface area contributed by atoms with Gasteiger partial charge in [-0.15, -0.1) is 0 Å². The predicted octanol–water partition coefficient (Wildman–Crippen LogP) is 4.15. The Morgan fingerprint density at radius 2 is 1.90 bits per heavy atom. The average Bonchev–Trinajstić information content (AvgIpc) is 2.90. The van der Waals surface area contributed by atoms with E-state index in [1.165, 1.54) is 0 Å². The maximum Gasteiger partial charge on any atom is 0.261 e. The lowest BCUT2D eigenvalue weighted by molar-refractivity contribution is 0.601. The van der Waals surface area contributed by atoms with E-state index in [9.17, 15) is 8.42 Å². The van der Waals surface area contributed by atoms with E-state index in [1.807, 2.05) is 19.1 Å². The van der Waals surface area contributed by atoms with E-state index in [0.717, 1.165) is 14.5 Å². The standard InChI is InChI=1S/C15H12INO3S/c1-10-4-2-3-5-14(10)17-21(18,19)12-8-11-6-7-20-15(11)13(16)9-12/h2-9,17H,1H3. The molecular weight excluding hydrogens is 401 g/mol. The monoisotopic (exact) mass is 413 g/mol. The van der Waals surface area contributed by atoms with Gasteiger partial charge in [0, 0.05) is 5.39 Å². The molecule has 21 heavy (non-hydrogen) atoms. The fourth-order valence-corrected chi connectivity index (χ4v) is 4.24. The van der Waals surface area contributed by atoms with Crippen molar-refractivity contribution in [2.24, 2.45) is 0 Å². The van der Waals surface area contributed by atoms with Gasteiger partial charge < -0.3 is 4.42 Å². The number of para-hydroxylation sites is 1. The molecule has 108 valence electrons. The molecule has 0 saturated heterocycles. The zero-order chi connectivity index (χ0) is 15.0. The molecule has 1 heterocycles. The maximum absolute atomic E-state index is 12.5. The van der Waals surface area contributed by atoms with E-state index < -0.39 is 10.0 Å². The first-order valence-corrected chi connectivity index (χ1v) is 8.79. The largest absolute Gasteiger partial charge is 0.463 e. The molecule has 0 aliphatic rings. The second-order valence-electron chi connectivity index (χ2n) is 4.66. The molecular formula is C15H12INO3S. The molecule has 0 amide bonds. The van der Waals surface area contributed by atoms with Crippen LogP contribution in [-0.4, -0.2) is 8.42 Å². The highest BCUT2D eigenvalue weighted by atomic mass is 127. The SMILES string of the molecule is Cc1ccccc1NS(=O)(=O)c1cc(I)c2occc2c1. The molecule has 2 aromatic carbocycles. The summed E-state index contributed by atoms with van der Waals surface area (Å²) in [7, 11) is -3.62. The lowest BCUT2D eigenvalue weighted by atomic mass is 10.2.